The number of nitrogens with zero attached hydrogens (tertiary/aromatic N) is 1. The highest BCUT2D eigenvalue weighted by molar-refractivity contribution is 5.82. The highest BCUT2D eigenvalue weighted by Gasteiger charge is 2.41. The van der Waals surface area contributed by atoms with Gasteiger partial charge in [0.1, 0.15) is 5.60 Å². The summed E-state index contributed by atoms with van der Waals surface area (Å²) in [5, 5.41) is 12.4. The van der Waals surface area contributed by atoms with Gasteiger partial charge in [-0.1, -0.05) is 30.3 Å². The molecule has 0 spiro atoms. The first-order valence-corrected chi connectivity index (χ1v) is 9.16. The molecule has 1 aliphatic rings. The molecule has 1 saturated heterocycles. The van der Waals surface area contributed by atoms with Crippen molar-refractivity contribution in [1.82, 2.24) is 10.2 Å². The molecular formula is C20H30N2O4. The Labute approximate surface area is 155 Å². The van der Waals surface area contributed by atoms with Crippen LogP contribution in [0.5, 0.6) is 0 Å². The summed E-state index contributed by atoms with van der Waals surface area (Å²) in [6, 6.07) is 9.83. The standard InChI is InChI=1S/C20H30N2O4/c1-14(15-8-6-5-7-9-15)22-12-16(13-23)17(18(22)24)10-11-21-19(25)26-20(2,3)4/h5-9,14,16-17,23H,10-13H2,1-4H3,(H,21,25)/t14-,16-,17-/m1/s1. The minimum absolute atomic E-state index is 0.0337. The lowest BCUT2D eigenvalue weighted by Crippen LogP contribution is -2.35. The van der Waals surface area contributed by atoms with E-state index in [1.54, 1.807) is 20.8 Å². The number of amides is 2. The second-order valence-corrected chi connectivity index (χ2v) is 7.84. The molecule has 6 nitrogen and oxygen atoms in total. The maximum absolute atomic E-state index is 12.9. The van der Waals surface area contributed by atoms with Gasteiger partial charge in [-0.05, 0) is 39.7 Å². The molecule has 144 valence electrons. The Morgan fingerprint density at radius 1 is 1.35 bits per heavy atom. The van der Waals surface area contributed by atoms with Crippen molar-refractivity contribution in [3.8, 4) is 0 Å². The molecule has 6 heteroatoms. The van der Waals surface area contributed by atoms with Crippen molar-refractivity contribution in [3.05, 3.63) is 35.9 Å². The van der Waals surface area contributed by atoms with Gasteiger partial charge in [0.15, 0.2) is 0 Å². The molecule has 26 heavy (non-hydrogen) atoms. The van der Waals surface area contributed by atoms with Gasteiger partial charge in [-0.15, -0.1) is 0 Å². The molecule has 1 aromatic rings. The number of hydrogen-bond acceptors (Lipinski definition) is 4. The number of benzene rings is 1. The van der Waals surface area contributed by atoms with Crippen molar-refractivity contribution in [2.45, 2.75) is 45.8 Å². The van der Waals surface area contributed by atoms with Crippen LogP contribution in [0.1, 0.15) is 45.7 Å². The van der Waals surface area contributed by atoms with Gasteiger partial charge in [0.05, 0.1) is 6.04 Å². The summed E-state index contributed by atoms with van der Waals surface area (Å²) in [5.41, 5.74) is 0.521. The quantitative estimate of drug-likeness (QED) is 0.816. The zero-order chi connectivity index (χ0) is 19.3. The van der Waals surface area contributed by atoms with Gasteiger partial charge in [0, 0.05) is 31.5 Å². The number of likely N-dealkylation sites (tertiary alicyclic amines) is 1. The number of carbonyl (C=O) groups is 2. The maximum Gasteiger partial charge on any atom is 0.407 e. The van der Waals surface area contributed by atoms with E-state index in [4.69, 9.17) is 4.74 Å². The van der Waals surface area contributed by atoms with Gasteiger partial charge in [-0.3, -0.25) is 4.79 Å². The van der Waals surface area contributed by atoms with E-state index in [2.05, 4.69) is 5.32 Å². The second kappa shape index (κ2) is 8.54. The molecule has 0 radical (unpaired) electrons. The largest absolute Gasteiger partial charge is 0.444 e. The summed E-state index contributed by atoms with van der Waals surface area (Å²) in [7, 11) is 0. The molecule has 1 aromatic carbocycles. The second-order valence-electron chi connectivity index (χ2n) is 7.84. The Bertz CT molecular complexity index is 612. The number of carbonyl (C=O) groups excluding carboxylic acids is 2. The van der Waals surface area contributed by atoms with Crippen molar-refractivity contribution in [2.75, 3.05) is 19.7 Å². The molecule has 0 saturated carbocycles. The van der Waals surface area contributed by atoms with Gasteiger partial charge in [-0.2, -0.15) is 0 Å². The average molecular weight is 362 g/mol. The summed E-state index contributed by atoms with van der Waals surface area (Å²) in [6.07, 6.45) is -0.000546. The van der Waals surface area contributed by atoms with Gasteiger partial charge in [0.25, 0.3) is 0 Å². The molecular weight excluding hydrogens is 332 g/mol. The Kier molecular flexibility index (Phi) is 6.64. The highest BCUT2D eigenvalue weighted by Crippen LogP contribution is 2.33. The molecule has 2 amide bonds. The summed E-state index contributed by atoms with van der Waals surface area (Å²) < 4.78 is 5.20. The van der Waals surface area contributed by atoms with Crippen molar-refractivity contribution in [2.24, 2.45) is 11.8 Å². The Balaban J connectivity index is 1.94. The predicted molar refractivity (Wildman–Crippen MR) is 99.5 cm³/mol. The summed E-state index contributed by atoms with van der Waals surface area (Å²) in [6.45, 7) is 8.24. The van der Waals surface area contributed by atoms with Crippen LogP contribution in [0.2, 0.25) is 0 Å². The Hall–Kier alpha value is -2.08. The van der Waals surface area contributed by atoms with E-state index in [0.717, 1.165) is 5.56 Å². The molecule has 3 atom stereocenters. The van der Waals surface area contributed by atoms with Crippen LogP contribution in [0.15, 0.2) is 30.3 Å². The summed E-state index contributed by atoms with van der Waals surface area (Å²) >= 11 is 0. The number of aliphatic hydroxyl groups is 1. The van der Waals surface area contributed by atoms with E-state index in [0.29, 0.717) is 19.5 Å². The molecule has 0 bridgehead atoms. The summed E-state index contributed by atoms with van der Waals surface area (Å²) in [5.74, 6) is -0.374. The number of rotatable bonds is 6. The van der Waals surface area contributed by atoms with Gasteiger partial charge in [-0.25, -0.2) is 4.79 Å². The maximum atomic E-state index is 12.9. The number of nitrogens with one attached hydrogen (secondary N) is 1. The smallest absolute Gasteiger partial charge is 0.407 e. The van der Waals surface area contributed by atoms with E-state index in [1.807, 2.05) is 42.2 Å². The lowest BCUT2D eigenvalue weighted by Gasteiger charge is -2.25. The number of ether oxygens (including phenoxy) is 1. The first-order valence-electron chi connectivity index (χ1n) is 9.16. The zero-order valence-electron chi connectivity index (χ0n) is 16.1. The molecule has 1 fully saturated rings. The molecule has 1 aliphatic heterocycles. The fourth-order valence-corrected chi connectivity index (χ4v) is 3.33. The van der Waals surface area contributed by atoms with Crippen molar-refractivity contribution in [3.63, 3.8) is 0 Å². The van der Waals surface area contributed by atoms with Gasteiger partial charge >= 0.3 is 6.09 Å². The van der Waals surface area contributed by atoms with Crippen LogP contribution in [-0.4, -0.2) is 47.3 Å². The third-order valence-electron chi connectivity index (χ3n) is 4.71. The molecule has 0 unspecified atom stereocenters. The highest BCUT2D eigenvalue weighted by atomic mass is 16.6. The van der Waals surface area contributed by atoms with Crippen LogP contribution in [0, 0.1) is 11.8 Å². The average Bonchev–Trinajstić information content (AvgIpc) is 2.89. The van der Waals surface area contributed by atoms with Crippen molar-refractivity contribution >= 4 is 12.0 Å². The van der Waals surface area contributed by atoms with Crippen LogP contribution in [0.25, 0.3) is 0 Å². The Morgan fingerprint density at radius 3 is 2.58 bits per heavy atom. The minimum Gasteiger partial charge on any atom is -0.444 e. The molecule has 2 rings (SSSR count). The van der Waals surface area contributed by atoms with E-state index < -0.39 is 11.7 Å². The van der Waals surface area contributed by atoms with Crippen molar-refractivity contribution in [1.29, 1.82) is 0 Å². The zero-order valence-corrected chi connectivity index (χ0v) is 16.1. The van der Waals surface area contributed by atoms with E-state index in [9.17, 15) is 14.7 Å². The number of aliphatic hydroxyl groups excluding tert-OH is 1. The third kappa shape index (κ3) is 5.21. The first kappa shape index (κ1) is 20.2. The topological polar surface area (TPSA) is 78.9 Å². The minimum atomic E-state index is -0.553. The SMILES string of the molecule is C[C@H](c1ccccc1)N1C[C@H](CO)[C@@H](CCNC(=O)OC(C)(C)C)C1=O. The van der Waals surface area contributed by atoms with Crippen LogP contribution < -0.4 is 5.32 Å². The van der Waals surface area contributed by atoms with Crippen LogP contribution in [0.4, 0.5) is 4.79 Å². The lowest BCUT2D eigenvalue weighted by atomic mass is 9.93. The van der Waals surface area contributed by atoms with Crippen LogP contribution >= 0.6 is 0 Å². The first-order chi connectivity index (χ1) is 12.2. The summed E-state index contributed by atoms with van der Waals surface area (Å²) in [4.78, 5) is 26.4. The fraction of sp³-hybridized carbons (Fsp3) is 0.600. The molecule has 1 heterocycles. The van der Waals surface area contributed by atoms with Crippen LogP contribution in [-0.2, 0) is 9.53 Å². The normalized spacial score (nSPS) is 21.6. The lowest BCUT2D eigenvalue weighted by molar-refractivity contribution is -0.133. The van der Waals surface area contributed by atoms with Crippen molar-refractivity contribution < 1.29 is 19.4 Å². The van der Waals surface area contributed by atoms with Gasteiger partial charge < -0.3 is 20.1 Å². The molecule has 0 aliphatic carbocycles. The van der Waals surface area contributed by atoms with E-state index in [-0.39, 0.29) is 30.4 Å². The van der Waals surface area contributed by atoms with Crippen LogP contribution in [0.3, 0.4) is 0 Å². The fourth-order valence-electron chi connectivity index (χ4n) is 3.33. The number of alkyl carbamates (subject to hydrolysis) is 1. The third-order valence-corrected chi connectivity index (χ3v) is 4.71. The molecule has 0 aromatic heterocycles. The predicted octanol–water partition coefficient (Wildman–Crippen LogP) is 2.73. The van der Waals surface area contributed by atoms with E-state index >= 15 is 0 Å². The monoisotopic (exact) mass is 362 g/mol. The molecule has 2 N–H and O–H groups in total. The Morgan fingerprint density at radius 2 is 2.00 bits per heavy atom. The number of hydrogen-bond donors (Lipinski definition) is 2. The van der Waals surface area contributed by atoms with E-state index in [1.165, 1.54) is 0 Å². The van der Waals surface area contributed by atoms with Gasteiger partial charge in [0.2, 0.25) is 5.91 Å².